The number of nitrogens with one attached hydrogen (secondary N) is 1. The van der Waals surface area contributed by atoms with E-state index in [1.807, 2.05) is 26.0 Å². The molecule has 2 rings (SSSR count). The van der Waals surface area contributed by atoms with Crippen molar-refractivity contribution in [3.63, 3.8) is 0 Å². The van der Waals surface area contributed by atoms with Gasteiger partial charge in [-0.05, 0) is 12.1 Å². The molecule has 0 atom stereocenters. The molecule has 98 valence electrons. The molecule has 0 amide bonds. The molecule has 2 aromatic rings. The number of nitrogens with zero attached hydrogens (tertiary/aromatic N) is 1. The Morgan fingerprint density at radius 2 is 2.17 bits per heavy atom. The summed E-state index contributed by atoms with van der Waals surface area (Å²) in [5.74, 6) is -0.363. The van der Waals surface area contributed by atoms with E-state index in [2.05, 4.69) is 5.32 Å². The summed E-state index contributed by atoms with van der Waals surface area (Å²) < 4.78 is 6.58. The third-order valence-electron chi connectivity index (χ3n) is 2.99. The van der Waals surface area contributed by atoms with Gasteiger partial charge in [0.05, 0.1) is 5.52 Å². The van der Waals surface area contributed by atoms with Gasteiger partial charge in [-0.25, -0.2) is 4.79 Å². The molecule has 0 aliphatic carbocycles. The number of hydrogen-bond acceptors (Lipinski definition) is 4. The third-order valence-corrected chi connectivity index (χ3v) is 2.99. The molecule has 2 N–H and O–H groups in total. The Hall–Kier alpha value is -1.75. The van der Waals surface area contributed by atoms with Gasteiger partial charge in [0.25, 0.3) is 0 Å². The van der Waals surface area contributed by atoms with Gasteiger partial charge in [-0.15, -0.1) is 0 Å². The zero-order valence-electron chi connectivity index (χ0n) is 10.9. The second-order valence-corrected chi connectivity index (χ2v) is 5.29. The maximum absolute atomic E-state index is 11.4. The molecule has 5 nitrogen and oxygen atoms in total. The molecular weight excluding hydrogens is 232 g/mol. The molecular formula is C13H18N2O3. The summed E-state index contributed by atoms with van der Waals surface area (Å²) in [7, 11) is 1.68. The topological polar surface area (TPSA) is 67.4 Å². The van der Waals surface area contributed by atoms with E-state index in [-0.39, 0.29) is 17.8 Å². The highest BCUT2D eigenvalue weighted by molar-refractivity contribution is 5.77. The van der Waals surface area contributed by atoms with E-state index in [4.69, 9.17) is 4.42 Å². The highest BCUT2D eigenvalue weighted by Gasteiger charge is 2.16. The Bertz CT molecular complexity index is 610. The molecule has 0 saturated carbocycles. The van der Waals surface area contributed by atoms with Crippen molar-refractivity contribution in [2.45, 2.75) is 13.8 Å². The summed E-state index contributed by atoms with van der Waals surface area (Å²) in [6.07, 6.45) is 0. The third kappa shape index (κ3) is 2.41. The molecule has 0 fully saturated rings. The number of aliphatic hydroxyl groups is 1. The van der Waals surface area contributed by atoms with E-state index in [0.29, 0.717) is 12.1 Å². The standard InChI is InChI=1S/C13H18N2O3/c1-13(2,8-16)7-14-9-4-5-10-11(6-9)18-12(17)15(10)3/h4-6,14,16H,7-8H2,1-3H3. The van der Waals surface area contributed by atoms with E-state index >= 15 is 0 Å². The van der Waals surface area contributed by atoms with Crippen molar-refractivity contribution < 1.29 is 9.52 Å². The summed E-state index contributed by atoms with van der Waals surface area (Å²) in [5.41, 5.74) is 2.02. The smallest absolute Gasteiger partial charge is 0.408 e. The molecule has 0 bridgehead atoms. The molecule has 1 aromatic carbocycles. The van der Waals surface area contributed by atoms with Gasteiger partial charge in [0.15, 0.2) is 5.58 Å². The molecule has 0 aliphatic heterocycles. The molecule has 0 spiro atoms. The van der Waals surface area contributed by atoms with Gasteiger partial charge in [0.1, 0.15) is 0 Å². The molecule has 0 radical (unpaired) electrons. The minimum atomic E-state index is -0.363. The predicted molar refractivity (Wildman–Crippen MR) is 70.8 cm³/mol. The minimum Gasteiger partial charge on any atom is -0.408 e. The highest BCUT2D eigenvalue weighted by atomic mass is 16.4. The second kappa shape index (κ2) is 4.49. The van der Waals surface area contributed by atoms with Crippen molar-refractivity contribution in [3.8, 4) is 0 Å². The van der Waals surface area contributed by atoms with Gasteiger partial charge < -0.3 is 14.8 Å². The monoisotopic (exact) mass is 250 g/mol. The number of anilines is 1. The van der Waals surface area contributed by atoms with Crippen LogP contribution in [0, 0.1) is 5.41 Å². The van der Waals surface area contributed by atoms with Gasteiger partial charge in [-0.1, -0.05) is 13.8 Å². The van der Waals surface area contributed by atoms with Gasteiger partial charge >= 0.3 is 5.76 Å². The average Bonchev–Trinajstić information content (AvgIpc) is 2.62. The lowest BCUT2D eigenvalue weighted by Crippen LogP contribution is -2.26. The van der Waals surface area contributed by atoms with Crippen LogP contribution in [-0.4, -0.2) is 22.8 Å². The first-order valence-electron chi connectivity index (χ1n) is 5.87. The average molecular weight is 250 g/mol. The maximum atomic E-state index is 11.4. The van der Waals surface area contributed by atoms with E-state index in [0.717, 1.165) is 11.2 Å². The van der Waals surface area contributed by atoms with Crippen LogP contribution in [0.25, 0.3) is 11.1 Å². The number of aromatic nitrogens is 1. The molecule has 0 unspecified atom stereocenters. The van der Waals surface area contributed by atoms with Crippen molar-refractivity contribution in [1.82, 2.24) is 4.57 Å². The van der Waals surface area contributed by atoms with Crippen LogP contribution < -0.4 is 11.1 Å². The Balaban J connectivity index is 2.23. The van der Waals surface area contributed by atoms with Gasteiger partial charge in [0, 0.05) is 37.4 Å². The van der Waals surface area contributed by atoms with Gasteiger partial charge in [0.2, 0.25) is 0 Å². The summed E-state index contributed by atoms with van der Waals surface area (Å²) in [6.45, 7) is 4.71. The van der Waals surface area contributed by atoms with Crippen LogP contribution in [0.2, 0.25) is 0 Å². The zero-order chi connectivity index (χ0) is 13.3. The first kappa shape index (κ1) is 12.7. The molecule has 0 saturated heterocycles. The largest absolute Gasteiger partial charge is 0.419 e. The number of rotatable bonds is 4. The first-order valence-corrected chi connectivity index (χ1v) is 5.87. The maximum Gasteiger partial charge on any atom is 0.419 e. The minimum absolute atomic E-state index is 0.114. The Morgan fingerprint density at radius 1 is 1.44 bits per heavy atom. The first-order chi connectivity index (χ1) is 8.43. The van der Waals surface area contributed by atoms with Crippen molar-refractivity contribution in [2.75, 3.05) is 18.5 Å². The van der Waals surface area contributed by atoms with E-state index in [1.165, 1.54) is 4.57 Å². The fraction of sp³-hybridized carbons (Fsp3) is 0.462. The summed E-state index contributed by atoms with van der Waals surface area (Å²) >= 11 is 0. The van der Waals surface area contributed by atoms with E-state index < -0.39 is 0 Å². The van der Waals surface area contributed by atoms with Crippen LogP contribution in [0.3, 0.4) is 0 Å². The van der Waals surface area contributed by atoms with Crippen LogP contribution in [0.4, 0.5) is 5.69 Å². The highest BCUT2D eigenvalue weighted by Crippen LogP contribution is 2.20. The summed E-state index contributed by atoms with van der Waals surface area (Å²) in [5, 5.41) is 12.4. The van der Waals surface area contributed by atoms with Crippen molar-refractivity contribution in [1.29, 1.82) is 0 Å². The van der Waals surface area contributed by atoms with Crippen molar-refractivity contribution >= 4 is 16.8 Å². The number of hydrogen-bond donors (Lipinski definition) is 2. The molecule has 5 heteroatoms. The second-order valence-electron chi connectivity index (χ2n) is 5.29. The van der Waals surface area contributed by atoms with Crippen LogP contribution in [0.5, 0.6) is 0 Å². The van der Waals surface area contributed by atoms with E-state index in [9.17, 15) is 9.90 Å². The quantitative estimate of drug-likeness (QED) is 0.864. The molecule has 18 heavy (non-hydrogen) atoms. The van der Waals surface area contributed by atoms with Crippen LogP contribution >= 0.6 is 0 Å². The summed E-state index contributed by atoms with van der Waals surface area (Å²) in [4.78, 5) is 11.4. The predicted octanol–water partition coefficient (Wildman–Crippen LogP) is 1.56. The van der Waals surface area contributed by atoms with Crippen LogP contribution in [-0.2, 0) is 7.05 Å². The number of fused-ring (bicyclic) bond motifs is 1. The van der Waals surface area contributed by atoms with Gasteiger partial charge in [-0.3, -0.25) is 4.57 Å². The normalized spacial score (nSPS) is 12.0. The SMILES string of the molecule is Cn1c(=O)oc2cc(NCC(C)(C)CO)ccc21. The van der Waals surface area contributed by atoms with Crippen molar-refractivity contribution in [3.05, 3.63) is 28.7 Å². The molecule has 0 aliphatic rings. The Labute approximate surface area is 105 Å². The molecule has 1 aromatic heterocycles. The van der Waals surface area contributed by atoms with E-state index in [1.54, 1.807) is 13.1 Å². The lowest BCUT2D eigenvalue weighted by Gasteiger charge is -2.22. The fourth-order valence-corrected chi connectivity index (χ4v) is 1.64. The van der Waals surface area contributed by atoms with Gasteiger partial charge in [-0.2, -0.15) is 0 Å². The van der Waals surface area contributed by atoms with Crippen LogP contribution in [0.15, 0.2) is 27.4 Å². The molecule has 1 heterocycles. The number of benzene rings is 1. The zero-order valence-corrected chi connectivity index (χ0v) is 10.9. The number of oxazole rings is 1. The lowest BCUT2D eigenvalue weighted by atomic mass is 9.95. The lowest BCUT2D eigenvalue weighted by molar-refractivity contribution is 0.171. The Kier molecular flexibility index (Phi) is 3.17. The number of aryl methyl sites for hydroxylation is 1. The Morgan fingerprint density at radius 3 is 2.83 bits per heavy atom. The fourth-order valence-electron chi connectivity index (χ4n) is 1.64. The summed E-state index contributed by atoms with van der Waals surface area (Å²) in [6, 6.07) is 5.53. The van der Waals surface area contributed by atoms with Crippen molar-refractivity contribution in [2.24, 2.45) is 12.5 Å². The number of aliphatic hydroxyl groups excluding tert-OH is 1. The van der Waals surface area contributed by atoms with Crippen LogP contribution in [0.1, 0.15) is 13.8 Å².